The number of rotatable bonds is 4. The largest absolute Gasteiger partial charge is 0.378 e. The average molecular weight is 170 g/mol. The second-order valence-corrected chi connectivity index (χ2v) is 2.77. The molecule has 0 aliphatic rings. The lowest BCUT2D eigenvalue weighted by atomic mass is 10.4. The summed E-state index contributed by atoms with van der Waals surface area (Å²) >= 11 is 0. The van der Waals surface area contributed by atoms with Gasteiger partial charge in [0.15, 0.2) is 0 Å². The van der Waals surface area contributed by atoms with Gasteiger partial charge < -0.3 is 9.80 Å². The molecular weight excluding hydrogens is 152 g/mol. The van der Waals surface area contributed by atoms with Crippen molar-refractivity contribution >= 4 is 5.91 Å². The van der Waals surface area contributed by atoms with Crippen molar-refractivity contribution in [2.24, 2.45) is 0 Å². The highest BCUT2D eigenvalue weighted by Crippen LogP contribution is 1.89. The van der Waals surface area contributed by atoms with Crippen LogP contribution < -0.4 is 0 Å². The Morgan fingerprint density at radius 1 is 1.25 bits per heavy atom. The van der Waals surface area contributed by atoms with E-state index in [1.807, 2.05) is 6.20 Å². The van der Waals surface area contributed by atoms with E-state index in [0.29, 0.717) is 0 Å². The first-order valence-corrected chi connectivity index (χ1v) is 4.25. The van der Waals surface area contributed by atoms with E-state index < -0.39 is 0 Å². The van der Waals surface area contributed by atoms with Gasteiger partial charge in [0.2, 0.25) is 5.91 Å². The van der Waals surface area contributed by atoms with Gasteiger partial charge in [0.05, 0.1) is 0 Å². The Balaban J connectivity index is 3.95. The van der Waals surface area contributed by atoms with Gasteiger partial charge in [-0.05, 0) is 13.8 Å². The predicted octanol–water partition coefficient (Wildman–Crippen LogP) is 0.930. The van der Waals surface area contributed by atoms with Crippen LogP contribution in [-0.2, 0) is 4.79 Å². The molecule has 3 nitrogen and oxygen atoms in total. The SMILES string of the molecule is CCN(/C=C/C(=O)N(C)C)CC. The smallest absolute Gasteiger partial charge is 0.247 e. The van der Waals surface area contributed by atoms with Crippen molar-refractivity contribution in [3.8, 4) is 0 Å². The number of likely N-dealkylation sites (N-methyl/N-ethyl adjacent to an activating group) is 1. The molecule has 0 atom stereocenters. The zero-order chi connectivity index (χ0) is 9.56. The Morgan fingerprint density at radius 3 is 2.08 bits per heavy atom. The summed E-state index contributed by atoms with van der Waals surface area (Å²) in [7, 11) is 3.49. The highest BCUT2D eigenvalue weighted by atomic mass is 16.2. The molecule has 0 saturated carbocycles. The van der Waals surface area contributed by atoms with E-state index in [0.717, 1.165) is 13.1 Å². The topological polar surface area (TPSA) is 23.6 Å². The minimum Gasteiger partial charge on any atom is -0.378 e. The first-order valence-electron chi connectivity index (χ1n) is 4.25. The van der Waals surface area contributed by atoms with Gasteiger partial charge in [-0.1, -0.05) is 0 Å². The van der Waals surface area contributed by atoms with Crippen LogP contribution in [0.15, 0.2) is 12.3 Å². The van der Waals surface area contributed by atoms with Crippen LogP contribution in [0.3, 0.4) is 0 Å². The van der Waals surface area contributed by atoms with Crippen LogP contribution in [-0.4, -0.2) is 42.9 Å². The monoisotopic (exact) mass is 170 g/mol. The number of nitrogens with zero attached hydrogens (tertiary/aromatic N) is 2. The van der Waals surface area contributed by atoms with Gasteiger partial charge in [0.25, 0.3) is 0 Å². The molecule has 12 heavy (non-hydrogen) atoms. The molecular formula is C9H18N2O. The summed E-state index contributed by atoms with van der Waals surface area (Å²) in [5, 5.41) is 0. The Bertz CT molecular complexity index is 160. The lowest BCUT2D eigenvalue weighted by Gasteiger charge is -2.15. The molecule has 0 unspecified atom stereocenters. The predicted molar refractivity (Wildman–Crippen MR) is 50.8 cm³/mol. The van der Waals surface area contributed by atoms with Crippen LogP contribution in [0, 0.1) is 0 Å². The summed E-state index contributed by atoms with van der Waals surface area (Å²) in [4.78, 5) is 14.7. The van der Waals surface area contributed by atoms with Crippen LogP contribution in [0.2, 0.25) is 0 Å². The summed E-state index contributed by atoms with van der Waals surface area (Å²) in [5.41, 5.74) is 0. The van der Waals surface area contributed by atoms with E-state index in [4.69, 9.17) is 0 Å². The van der Waals surface area contributed by atoms with Crippen molar-refractivity contribution in [2.75, 3.05) is 27.2 Å². The molecule has 0 aliphatic heterocycles. The van der Waals surface area contributed by atoms with E-state index in [1.54, 1.807) is 25.1 Å². The molecule has 0 spiro atoms. The lowest BCUT2D eigenvalue weighted by molar-refractivity contribution is -0.123. The standard InChI is InChI=1S/C9H18N2O/c1-5-11(6-2)8-7-9(12)10(3)4/h7-8H,5-6H2,1-4H3/b8-7+. The molecule has 0 bridgehead atoms. The quantitative estimate of drug-likeness (QED) is 0.586. The fourth-order valence-corrected chi connectivity index (χ4v) is 0.753. The van der Waals surface area contributed by atoms with Gasteiger partial charge >= 0.3 is 0 Å². The molecule has 0 rings (SSSR count). The highest BCUT2D eigenvalue weighted by Gasteiger charge is 1.97. The molecule has 3 heteroatoms. The van der Waals surface area contributed by atoms with Crippen molar-refractivity contribution < 1.29 is 4.79 Å². The number of carbonyl (C=O) groups excluding carboxylic acids is 1. The lowest BCUT2D eigenvalue weighted by Crippen LogP contribution is -2.21. The fraction of sp³-hybridized carbons (Fsp3) is 0.667. The summed E-state index contributed by atoms with van der Waals surface area (Å²) in [6.07, 6.45) is 3.43. The number of hydrogen-bond donors (Lipinski definition) is 0. The zero-order valence-electron chi connectivity index (χ0n) is 8.37. The molecule has 0 heterocycles. The molecule has 0 aromatic rings. The molecule has 0 aromatic carbocycles. The maximum absolute atomic E-state index is 11.1. The van der Waals surface area contributed by atoms with Crippen LogP contribution >= 0.6 is 0 Å². The van der Waals surface area contributed by atoms with E-state index in [1.165, 1.54) is 0 Å². The molecule has 0 aliphatic carbocycles. The van der Waals surface area contributed by atoms with Gasteiger partial charge in [-0.25, -0.2) is 0 Å². The van der Waals surface area contributed by atoms with Crippen LogP contribution in [0.25, 0.3) is 0 Å². The van der Waals surface area contributed by atoms with E-state index in [2.05, 4.69) is 18.7 Å². The summed E-state index contributed by atoms with van der Waals surface area (Å²) in [6, 6.07) is 0. The van der Waals surface area contributed by atoms with E-state index >= 15 is 0 Å². The zero-order valence-corrected chi connectivity index (χ0v) is 8.37. The third-order valence-corrected chi connectivity index (χ3v) is 1.68. The molecule has 1 amide bonds. The van der Waals surface area contributed by atoms with Gasteiger partial charge in [-0.15, -0.1) is 0 Å². The molecule has 70 valence electrons. The van der Waals surface area contributed by atoms with Crippen molar-refractivity contribution in [2.45, 2.75) is 13.8 Å². The third-order valence-electron chi connectivity index (χ3n) is 1.68. The minimum atomic E-state index is 0.0295. The second-order valence-electron chi connectivity index (χ2n) is 2.77. The third kappa shape index (κ3) is 4.01. The van der Waals surface area contributed by atoms with Gasteiger partial charge in [-0.2, -0.15) is 0 Å². The van der Waals surface area contributed by atoms with Crippen molar-refractivity contribution in [1.29, 1.82) is 0 Å². The summed E-state index contributed by atoms with van der Waals surface area (Å²) in [5.74, 6) is 0.0295. The Kier molecular flexibility index (Phi) is 5.17. The highest BCUT2D eigenvalue weighted by molar-refractivity contribution is 5.86. The number of amides is 1. The normalized spacial score (nSPS) is 10.3. The minimum absolute atomic E-state index is 0.0295. The Hall–Kier alpha value is -0.990. The first kappa shape index (κ1) is 11.0. The average Bonchev–Trinajstić information content (AvgIpc) is 2.05. The van der Waals surface area contributed by atoms with Crippen molar-refractivity contribution in [3.05, 3.63) is 12.3 Å². The van der Waals surface area contributed by atoms with Gasteiger partial charge in [0, 0.05) is 39.5 Å². The Labute approximate surface area is 74.7 Å². The second kappa shape index (κ2) is 5.63. The van der Waals surface area contributed by atoms with Crippen molar-refractivity contribution in [1.82, 2.24) is 9.80 Å². The molecule has 0 aromatic heterocycles. The van der Waals surface area contributed by atoms with Crippen LogP contribution in [0.1, 0.15) is 13.8 Å². The molecule has 0 fully saturated rings. The fourth-order valence-electron chi connectivity index (χ4n) is 0.753. The molecule has 0 radical (unpaired) electrons. The van der Waals surface area contributed by atoms with E-state index in [-0.39, 0.29) is 5.91 Å². The Morgan fingerprint density at radius 2 is 1.75 bits per heavy atom. The van der Waals surface area contributed by atoms with E-state index in [9.17, 15) is 4.79 Å². The van der Waals surface area contributed by atoms with Gasteiger partial charge in [-0.3, -0.25) is 4.79 Å². The van der Waals surface area contributed by atoms with Crippen LogP contribution in [0.4, 0.5) is 0 Å². The molecule has 0 N–H and O–H groups in total. The first-order chi connectivity index (χ1) is 5.61. The summed E-state index contributed by atoms with van der Waals surface area (Å²) < 4.78 is 0. The van der Waals surface area contributed by atoms with Crippen molar-refractivity contribution in [3.63, 3.8) is 0 Å². The van der Waals surface area contributed by atoms with Gasteiger partial charge in [0.1, 0.15) is 0 Å². The number of carbonyl (C=O) groups is 1. The summed E-state index contributed by atoms with van der Waals surface area (Å²) in [6.45, 7) is 6.00. The molecule has 0 saturated heterocycles. The maximum Gasteiger partial charge on any atom is 0.247 e. The van der Waals surface area contributed by atoms with Crippen LogP contribution in [0.5, 0.6) is 0 Å². The number of hydrogen-bond acceptors (Lipinski definition) is 2. The maximum atomic E-state index is 11.1.